The molecule has 238 valence electrons. The zero-order valence-corrected chi connectivity index (χ0v) is 27.4. The summed E-state index contributed by atoms with van der Waals surface area (Å²) >= 11 is 0. The Kier molecular flexibility index (Phi) is 7.60. The van der Waals surface area contributed by atoms with E-state index < -0.39 is 0 Å². The predicted molar refractivity (Wildman–Crippen MR) is 206 cm³/mol. The third kappa shape index (κ3) is 5.57. The molecule has 0 bridgehead atoms. The molecule has 4 nitrogen and oxygen atoms in total. The van der Waals surface area contributed by atoms with Crippen LogP contribution in [0.2, 0.25) is 0 Å². The summed E-state index contributed by atoms with van der Waals surface area (Å²) < 4.78 is 6.56. The van der Waals surface area contributed by atoms with E-state index in [-0.39, 0.29) is 0 Å². The summed E-state index contributed by atoms with van der Waals surface area (Å²) in [5.41, 5.74) is 12.7. The first kappa shape index (κ1) is 29.6. The second-order valence-corrected chi connectivity index (χ2v) is 12.5. The maximum Gasteiger partial charge on any atom is 0.160 e. The lowest BCUT2D eigenvalue weighted by Crippen LogP contribution is -2.09. The van der Waals surface area contributed by atoms with Gasteiger partial charge in [-0.15, -0.1) is 0 Å². The number of benzene rings is 6. The molecule has 8 aromatic rings. The Morgan fingerprint density at radius 2 is 1.06 bits per heavy atom. The Balaban J connectivity index is 1.10. The Labute approximate surface area is 291 Å². The van der Waals surface area contributed by atoms with Crippen molar-refractivity contribution in [3.8, 4) is 22.6 Å². The van der Waals surface area contributed by atoms with Gasteiger partial charge in [0.05, 0.1) is 11.4 Å². The van der Waals surface area contributed by atoms with E-state index in [0.29, 0.717) is 0 Å². The number of aromatic nitrogens is 2. The van der Waals surface area contributed by atoms with Crippen molar-refractivity contribution in [3.05, 3.63) is 187 Å². The van der Waals surface area contributed by atoms with Crippen LogP contribution in [0.5, 0.6) is 0 Å². The van der Waals surface area contributed by atoms with Gasteiger partial charge >= 0.3 is 0 Å². The molecule has 9 rings (SSSR count). The van der Waals surface area contributed by atoms with Crippen LogP contribution in [0.4, 0.5) is 17.1 Å². The van der Waals surface area contributed by atoms with Crippen LogP contribution in [0.25, 0.3) is 55.7 Å². The lowest BCUT2D eigenvalue weighted by Gasteiger charge is -2.25. The van der Waals surface area contributed by atoms with Gasteiger partial charge in [0.2, 0.25) is 0 Å². The minimum atomic E-state index is 0.740. The molecular formula is C46H33N3O. The highest BCUT2D eigenvalue weighted by molar-refractivity contribution is 6.11. The molecule has 1 aliphatic carbocycles. The van der Waals surface area contributed by atoms with E-state index in [0.717, 1.165) is 80.2 Å². The van der Waals surface area contributed by atoms with Gasteiger partial charge in [0.1, 0.15) is 11.2 Å². The molecule has 0 aliphatic heterocycles. The molecule has 0 fully saturated rings. The summed E-state index contributed by atoms with van der Waals surface area (Å²) in [6.45, 7) is 0. The second kappa shape index (κ2) is 12.8. The zero-order chi connectivity index (χ0) is 33.3. The van der Waals surface area contributed by atoms with Gasteiger partial charge in [-0.1, -0.05) is 121 Å². The third-order valence-corrected chi connectivity index (χ3v) is 9.42. The highest BCUT2D eigenvalue weighted by atomic mass is 16.3. The van der Waals surface area contributed by atoms with Crippen LogP contribution in [0.1, 0.15) is 24.1 Å². The number of allylic oxidation sites excluding steroid dienone is 4. The molecular weight excluding hydrogens is 611 g/mol. The minimum Gasteiger partial charge on any atom is -0.456 e. The van der Waals surface area contributed by atoms with Gasteiger partial charge in [-0.2, -0.15) is 0 Å². The molecule has 50 heavy (non-hydrogen) atoms. The molecule has 4 heteroatoms. The Hall–Kier alpha value is -6.52. The van der Waals surface area contributed by atoms with E-state index in [1.165, 1.54) is 16.7 Å². The van der Waals surface area contributed by atoms with Crippen molar-refractivity contribution in [2.75, 3.05) is 4.90 Å². The lowest BCUT2D eigenvalue weighted by atomic mass is 9.89. The maximum atomic E-state index is 6.56. The molecule has 0 atom stereocenters. The van der Waals surface area contributed by atoms with E-state index in [9.17, 15) is 0 Å². The molecule has 0 radical (unpaired) electrons. The highest BCUT2D eigenvalue weighted by Gasteiger charge is 2.20. The molecule has 1 aliphatic rings. The average molecular weight is 644 g/mol. The normalized spacial score (nSPS) is 12.9. The van der Waals surface area contributed by atoms with Gasteiger partial charge in [-0.25, -0.2) is 9.97 Å². The molecule has 0 saturated carbocycles. The highest BCUT2D eigenvalue weighted by Crippen LogP contribution is 2.42. The number of furan rings is 1. The van der Waals surface area contributed by atoms with E-state index >= 15 is 0 Å². The van der Waals surface area contributed by atoms with Gasteiger partial charge in [-0.05, 0) is 78.1 Å². The molecule has 0 amide bonds. The summed E-state index contributed by atoms with van der Waals surface area (Å²) in [6.07, 6.45) is 6.28. The number of fused-ring (bicyclic) bond motifs is 3. The van der Waals surface area contributed by atoms with Crippen LogP contribution in [0.15, 0.2) is 180 Å². The SMILES string of the molecule is C1=C(c2cc(-c3ccccc3)nc(-c3ccccc3)n2)CCC(c2cccc3oc4cc(N(c5ccccc5)c5ccccc5)ccc4c23)=C1. The van der Waals surface area contributed by atoms with Gasteiger partial charge in [-0.3, -0.25) is 0 Å². The topological polar surface area (TPSA) is 42.2 Å². The first-order chi connectivity index (χ1) is 24.8. The van der Waals surface area contributed by atoms with Gasteiger partial charge in [0, 0.05) is 45.0 Å². The number of rotatable bonds is 7. The number of hydrogen-bond donors (Lipinski definition) is 0. The van der Waals surface area contributed by atoms with E-state index in [2.05, 4.69) is 144 Å². The van der Waals surface area contributed by atoms with E-state index in [4.69, 9.17) is 14.4 Å². The van der Waals surface area contributed by atoms with Gasteiger partial charge < -0.3 is 9.32 Å². The number of hydrogen-bond acceptors (Lipinski definition) is 4. The summed E-state index contributed by atoms with van der Waals surface area (Å²) in [6, 6.07) is 56.6. The quantitative estimate of drug-likeness (QED) is 0.173. The standard InChI is InChI=1S/C46H33N3O/c1-5-14-33(15-6-1)41-31-42(48-46(47-41)35-16-7-2-8-17-35)34-26-24-32(25-27-34)39-22-13-23-43-45(39)40-29-28-38(30-44(40)50-43)49(36-18-9-3-10-19-36)37-20-11-4-12-21-37/h1-24,26,28-31H,25,27H2. The second-order valence-electron chi connectivity index (χ2n) is 12.5. The van der Waals surface area contributed by atoms with E-state index in [1.807, 2.05) is 36.4 Å². The summed E-state index contributed by atoms with van der Waals surface area (Å²) in [4.78, 5) is 12.3. The monoisotopic (exact) mass is 643 g/mol. The number of nitrogens with zero attached hydrogens (tertiary/aromatic N) is 3. The van der Waals surface area contributed by atoms with Crippen LogP contribution in [-0.2, 0) is 0 Å². The van der Waals surface area contributed by atoms with Crippen molar-refractivity contribution in [1.29, 1.82) is 0 Å². The number of para-hydroxylation sites is 2. The molecule has 0 spiro atoms. The van der Waals surface area contributed by atoms with Crippen molar-refractivity contribution in [3.63, 3.8) is 0 Å². The van der Waals surface area contributed by atoms with E-state index in [1.54, 1.807) is 0 Å². The van der Waals surface area contributed by atoms with Crippen LogP contribution in [-0.4, -0.2) is 9.97 Å². The number of anilines is 3. The van der Waals surface area contributed by atoms with Crippen LogP contribution in [0, 0.1) is 0 Å². The zero-order valence-electron chi connectivity index (χ0n) is 27.4. The fraction of sp³-hybridized carbons (Fsp3) is 0.0435. The molecule has 2 aromatic heterocycles. The molecule has 0 unspecified atom stereocenters. The summed E-state index contributed by atoms with van der Waals surface area (Å²) in [5, 5.41) is 2.27. The first-order valence-electron chi connectivity index (χ1n) is 17.0. The Bertz CT molecular complexity index is 2420. The largest absolute Gasteiger partial charge is 0.456 e. The van der Waals surface area contributed by atoms with Crippen molar-refractivity contribution in [2.24, 2.45) is 0 Å². The van der Waals surface area contributed by atoms with Crippen molar-refractivity contribution >= 4 is 50.1 Å². The van der Waals surface area contributed by atoms with Crippen molar-refractivity contribution in [1.82, 2.24) is 9.97 Å². The van der Waals surface area contributed by atoms with Crippen molar-refractivity contribution < 1.29 is 4.42 Å². The predicted octanol–water partition coefficient (Wildman–Crippen LogP) is 12.4. The third-order valence-electron chi connectivity index (χ3n) is 9.42. The maximum absolute atomic E-state index is 6.56. The summed E-state index contributed by atoms with van der Waals surface area (Å²) in [7, 11) is 0. The fourth-order valence-electron chi connectivity index (χ4n) is 6.98. The van der Waals surface area contributed by atoms with Crippen LogP contribution >= 0.6 is 0 Å². The van der Waals surface area contributed by atoms with Gasteiger partial charge in [0.25, 0.3) is 0 Å². The molecule has 0 saturated heterocycles. The van der Waals surface area contributed by atoms with Crippen molar-refractivity contribution in [2.45, 2.75) is 12.8 Å². The molecule has 6 aromatic carbocycles. The average Bonchev–Trinajstić information content (AvgIpc) is 3.58. The first-order valence-corrected chi connectivity index (χ1v) is 17.0. The van der Waals surface area contributed by atoms with Crippen LogP contribution in [0.3, 0.4) is 0 Å². The van der Waals surface area contributed by atoms with Gasteiger partial charge in [0.15, 0.2) is 5.82 Å². The fourth-order valence-corrected chi connectivity index (χ4v) is 6.98. The Morgan fingerprint density at radius 3 is 1.72 bits per heavy atom. The summed E-state index contributed by atoms with van der Waals surface area (Å²) in [5.74, 6) is 0.740. The molecule has 0 N–H and O–H groups in total. The van der Waals surface area contributed by atoms with Crippen LogP contribution < -0.4 is 4.90 Å². The molecule has 2 heterocycles. The smallest absolute Gasteiger partial charge is 0.160 e. The Morgan fingerprint density at radius 1 is 0.460 bits per heavy atom. The lowest BCUT2D eigenvalue weighted by molar-refractivity contribution is 0.669. The minimum absolute atomic E-state index is 0.740.